The van der Waals surface area contributed by atoms with Gasteiger partial charge in [-0.1, -0.05) is 0 Å². The van der Waals surface area contributed by atoms with Crippen LogP contribution in [0.25, 0.3) is 0 Å². The molecule has 19 heavy (non-hydrogen) atoms. The molecule has 0 N–H and O–H groups in total. The fourth-order valence-electron chi connectivity index (χ4n) is 1.80. The van der Waals surface area contributed by atoms with Gasteiger partial charge in [0.25, 0.3) is 0 Å². The standard InChI is InChI=1S/C15H16O4/c1-17-13-8-11(9-14(10-13)18-2)15(16)6-5-12-4-3-7-19-12/h3-4,7-10H,5-6H2,1-2H3. The number of ketones is 1. The van der Waals surface area contributed by atoms with E-state index in [1.165, 1.54) is 0 Å². The topological polar surface area (TPSA) is 48.7 Å². The van der Waals surface area contributed by atoms with E-state index in [9.17, 15) is 4.79 Å². The summed E-state index contributed by atoms with van der Waals surface area (Å²) in [6.45, 7) is 0. The summed E-state index contributed by atoms with van der Waals surface area (Å²) in [4.78, 5) is 12.1. The lowest BCUT2D eigenvalue weighted by Crippen LogP contribution is -2.02. The van der Waals surface area contributed by atoms with Crippen LogP contribution < -0.4 is 9.47 Å². The fraction of sp³-hybridized carbons (Fsp3) is 0.267. The molecule has 100 valence electrons. The Morgan fingerprint density at radius 2 is 1.84 bits per heavy atom. The molecule has 0 aliphatic heterocycles. The quantitative estimate of drug-likeness (QED) is 0.749. The maximum atomic E-state index is 12.1. The summed E-state index contributed by atoms with van der Waals surface area (Å²) in [5.74, 6) is 2.07. The lowest BCUT2D eigenvalue weighted by molar-refractivity contribution is 0.0980. The summed E-state index contributed by atoms with van der Waals surface area (Å²) in [6, 6.07) is 8.84. The number of carbonyl (C=O) groups excluding carboxylic acids is 1. The predicted molar refractivity (Wildman–Crippen MR) is 70.9 cm³/mol. The molecule has 2 rings (SSSR count). The van der Waals surface area contributed by atoms with Crippen LogP contribution in [0.4, 0.5) is 0 Å². The Balaban J connectivity index is 2.09. The highest BCUT2D eigenvalue weighted by atomic mass is 16.5. The van der Waals surface area contributed by atoms with Crippen molar-refractivity contribution in [1.82, 2.24) is 0 Å². The summed E-state index contributed by atoms with van der Waals surface area (Å²) in [6.07, 6.45) is 2.59. The molecular formula is C15H16O4. The molecule has 0 bridgehead atoms. The van der Waals surface area contributed by atoms with Crippen molar-refractivity contribution in [2.75, 3.05) is 14.2 Å². The van der Waals surface area contributed by atoms with E-state index >= 15 is 0 Å². The van der Waals surface area contributed by atoms with Gasteiger partial charge in [0.1, 0.15) is 17.3 Å². The maximum Gasteiger partial charge on any atom is 0.163 e. The molecule has 0 unspecified atom stereocenters. The highest BCUT2D eigenvalue weighted by Gasteiger charge is 2.10. The van der Waals surface area contributed by atoms with E-state index in [1.807, 2.05) is 12.1 Å². The third-order valence-corrected chi connectivity index (χ3v) is 2.85. The molecule has 0 aliphatic rings. The Morgan fingerprint density at radius 1 is 1.16 bits per heavy atom. The number of hydrogen-bond acceptors (Lipinski definition) is 4. The van der Waals surface area contributed by atoms with Gasteiger partial charge in [-0.25, -0.2) is 0 Å². The van der Waals surface area contributed by atoms with Crippen molar-refractivity contribution in [3.8, 4) is 11.5 Å². The molecule has 0 spiro atoms. The molecule has 4 heteroatoms. The molecule has 0 fully saturated rings. The van der Waals surface area contributed by atoms with Gasteiger partial charge in [-0.05, 0) is 24.3 Å². The van der Waals surface area contributed by atoms with Crippen LogP contribution >= 0.6 is 0 Å². The molecule has 1 aromatic heterocycles. The van der Waals surface area contributed by atoms with E-state index < -0.39 is 0 Å². The van der Waals surface area contributed by atoms with E-state index in [4.69, 9.17) is 13.9 Å². The lowest BCUT2D eigenvalue weighted by Gasteiger charge is -2.07. The zero-order chi connectivity index (χ0) is 13.7. The van der Waals surface area contributed by atoms with Gasteiger partial charge in [-0.2, -0.15) is 0 Å². The Morgan fingerprint density at radius 3 is 2.37 bits per heavy atom. The number of hydrogen-bond donors (Lipinski definition) is 0. The minimum absolute atomic E-state index is 0.0357. The number of methoxy groups -OCH3 is 2. The maximum absolute atomic E-state index is 12.1. The molecule has 1 aromatic carbocycles. The molecular weight excluding hydrogens is 244 g/mol. The van der Waals surface area contributed by atoms with E-state index in [2.05, 4.69) is 0 Å². The van der Waals surface area contributed by atoms with Gasteiger partial charge in [0, 0.05) is 24.5 Å². The number of carbonyl (C=O) groups is 1. The highest BCUT2D eigenvalue weighted by Crippen LogP contribution is 2.23. The summed E-state index contributed by atoms with van der Waals surface area (Å²) in [5, 5.41) is 0. The number of aryl methyl sites for hydroxylation is 1. The zero-order valence-electron chi connectivity index (χ0n) is 11.0. The van der Waals surface area contributed by atoms with Crippen molar-refractivity contribution in [1.29, 1.82) is 0 Å². The largest absolute Gasteiger partial charge is 0.497 e. The summed E-state index contributed by atoms with van der Waals surface area (Å²) in [7, 11) is 3.12. The number of ether oxygens (including phenoxy) is 2. The molecule has 0 radical (unpaired) electrons. The van der Waals surface area contributed by atoms with Crippen LogP contribution in [-0.4, -0.2) is 20.0 Å². The van der Waals surface area contributed by atoms with E-state index in [-0.39, 0.29) is 5.78 Å². The summed E-state index contributed by atoms with van der Waals surface area (Å²) < 4.78 is 15.5. The second-order valence-electron chi connectivity index (χ2n) is 4.10. The van der Waals surface area contributed by atoms with Crippen molar-refractivity contribution < 1.29 is 18.7 Å². The van der Waals surface area contributed by atoms with Gasteiger partial charge in [0.2, 0.25) is 0 Å². The third-order valence-electron chi connectivity index (χ3n) is 2.85. The molecule has 2 aromatic rings. The molecule has 4 nitrogen and oxygen atoms in total. The fourth-order valence-corrected chi connectivity index (χ4v) is 1.80. The Hall–Kier alpha value is -2.23. The number of Topliss-reactive ketones (excluding diaryl/α,β-unsaturated/α-hetero) is 1. The first kappa shape index (κ1) is 13.2. The lowest BCUT2D eigenvalue weighted by atomic mass is 10.1. The highest BCUT2D eigenvalue weighted by molar-refractivity contribution is 5.97. The minimum Gasteiger partial charge on any atom is -0.497 e. The van der Waals surface area contributed by atoms with Gasteiger partial charge < -0.3 is 13.9 Å². The second kappa shape index (κ2) is 6.09. The average molecular weight is 260 g/mol. The Kier molecular flexibility index (Phi) is 4.23. The summed E-state index contributed by atoms with van der Waals surface area (Å²) in [5.41, 5.74) is 0.586. The van der Waals surface area contributed by atoms with Gasteiger partial charge in [0.15, 0.2) is 5.78 Å². The van der Waals surface area contributed by atoms with Crippen LogP contribution in [0.1, 0.15) is 22.5 Å². The van der Waals surface area contributed by atoms with Gasteiger partial charge in [0.05, 0.1) is 20.5 Å². The molecule has 0 amide bonds. The number of rotatable bonds is 6. The zero-order valence-corrected chi connectivity index (χ0v) is 11.0. The molecule has 0 saturated carbocycles. The van der Waals surface area contributed by atoms with E-state index in [1.54, 1.807) is 38.7 Å². The van der Waals surface area contributed by atoms with Gasteiger partial charge in [-0.15, -0.1) is 0 Å². The molecule has 1 heterocycles. The van der Waals surface area contributed by atoms with Crippen molar-refractivity contribution in [2.24, 2.45) is 0 Å². The molecule has 0 saturated heterocycles. The number of furan rings is 1. The average Bonchev–Trinajstić information content (AvgIpc) is 2.97. The van der Waals surface area contributed by atoms with Crippen molar-refractivity contribution in [3.05, 3.63) is 47.9 Å². The number of benzene rings is 1. The van der Waals surface area contributed by atoms with Crippen molar-refractivity contribution in [3.63, 3.8) is 0 Å². The van der Waals surface area contributed by atoms with Crippen molar-refractivity contribution in [2.45, 2.75) is 12.8 Å². The van der Waals surface area contributed by atoms with E-state index in [0.717, 1.165) is 5.76 Å². The minimum atomic E-state index is 0.0357. The first-order valence-corrected chi connectivity index (χ1v) is 6.01. The first-order chi connectivity index (χ1) is 9.22. The third kappa shape index (κ3) is 3.37. The van der Waals surface area contributed by atoms with Crippen LogP contribution in [0.5, 0.6) is 11.5 Å². The SMILES string of the molecule is COc1cc(OC)cc(C(=O)CCc2ccco2)c1. The Bertz CT molecular complexity index is 521. The van der Waals surface area contributed by atoms with Gasteiger partial charge >= 0.3 is 0 Å². The van der Waals surface area contributed by atoms with Crippen LogP contribution in [0.15, 0.2) is 41.0 Å². The van der Waals surface area contributed by atoms with Crippen LogP contribution in [0, 0.1) is 0 Å². The second-order valence-corrected chi connectivity index (χ2v) is 4.10. The van der Waals surface area contributed by atoms with Crippen molar-refractivity contribution >= 4 is 5.78 Å². The molecule has 0 aliphatic carbocycles. The van der Waals surface area contributed by atoms with Crippen LogP contribution in [0.2, 0.25) is 0 Å². The summed E-state index contributed by atoms with van der Waals surface area (Å²) >= 11 is 0. The van der Waals surface area contributed by atoms with Crippen LogP contribution in [-0.2, 0) is 6.42 Å². The Labute approximate surface area is 111 Å². The normalized spacial score (nSPS) is 10.2. The molecule has 0 atom stereocenters. The first-order valence-electron chi connectivity index (χ1n) is 6.01. The van der Waals surface area contributed by atoms with E-state index in [0.29, 0.717) is 29.9 Å². The van der Waals surface area contributed by atoms with Gasteiger partial charge in [-0.3, -0.25) is 4.79 Å². The smallest absolute Gasteiger partial charge is 0.163 e. The monoisotopic (exact) mass is 260 g/mol. The van der Waals surface area contributed by atoms with Crippen LogP contribution in [0.3, 0.4) is 0 Å². The predicted octanol–water partition coefficient (Wildman–Crippen LogP) is 3.11.